The Morgan fingerprint density at radius 3 is 2.74 bits per heavy atom. The van der Waals surface area contributed by atoms with E-state index in [-0.39, 0.29) is 23.9 Å². The summed E-state index contributed by atoms with van der Waals surface area (Å²) in [5, 5.41) is 2.45. The van der Waals surface area contributed by atoms with Crippen LogP contribution in [0.2, 0.25) is 0 Å². The second kappa shape index (κ2) is 4.68. The summed E-state index contributed by atoms with van der Waals surface area (Å²) in [6.07, 6.45) is 2.88. The average molecular weight is 258 g/mol. The molecule has 100 valence electrons. The van der Waals surface area contributed by atoms with E-state index in [9.17, 15) is 9.59 Å². The number of hydrogen-bond donors (Lipinski definition) is 1. The first kappa shape index (κ1) is 12.2. The van der Waals surface area contributed by atoms with E-state index in [4.69, 9.17) is 0 Å². The van der Waals surface area contributed by atoms with Gasteiger partial charge in [-0.05, 0) is 30.4 Å². The molecule has 4 nitrogen and oxygen atoms in total. The minimum absolute atomic E-state index is 0.116. The molecule has 3 amide bonds. The van der Waals surface area contributed by atoms with Crippen molar-refractivity contribution in [3.63, 3.8) is 0 Å². The van der Waals surface area contributed by atoms with Crippen molar-refractivity contribution in [3.8, 4) is 0 Å². The fourth-order valence-electron chi connectivity index (χ4n) is 3.02. The molecular weight excluding hydrogens is 240 g/mol. The van der Waals surface area contributed by atoms with E-state index in [0.717, 1.165) is 19.3 Å². The number of aryl methyl sites for hydroxylation is 1. The lowest BCUT2D eigenvalue weighted by molar-refractivity contribution is -0.125. The molecule has 0 spiro atoms. The third kappa shape index (κ3) is 2.23. The van der Waals surface area contributed by atoms with Crippen LogP contribution in [-0.4, -0.2) is 29.4 Å². The average Bonchev–Trinajstić information content (AvgIpc) is 2.42. The van der Waals surface area contributed by atoms with Gasteiger partial charge >= 0.3 is 6.03 Å². The molecule has 0 bridgehead atoms. The van der Waals surface area contributed by atoms with Crippen LogP contribution in [0.1, 0.15) is 24.5 Å². The Hall–Kier alpha value is -1.84. The van der Waals surface area contributed by atoms with Crippen molar-refractivity contribution in [2.24, 2.45) is 5.92 Å². The lowest BCUT2D eigenvalue weighted by Gasteiger charge is -2.39. The molecule has 3 rings (SSSR count). The summed E-state index contributed by atoms with van der Waals surface area (Å²) in [5.41, 5.74) is 2.72. The van der Waals surface area contributed by atoms with Crippen molar-refractivity contribution in [2.75, 3.05) is 6.54 Å². The van der Waals surface area contributed by atoms with Gasteiger partial charge in [0.1, 0.15) is 0 Å². The lowest BCUT2D eigenvalue weighted by Crippen LogP contribution is -2.58. The van der Waals surface area contributed by atoms with Crippen LogP contribution in [0.4, 0.5) is 4.79 Å². The van der Waals surface area contributed by atoms with Gasteiger partial charge in [0, 0.05) is 12.6 Å². The quantitative estimate of drug-likeness (QED) is 0.834. The second-order valence-corrected chi connectivity index (χ2v) is 5.51. The highest BCUT2D eigenvalue weighted by Gasteiger charge is 2.34. The minimum atomic E-state index is -0.229. The van der Waals surface area contributed by atoms with Crippen LogP contribution in [0.25, 0.3) is 0 Å². The molecule has 1 aliphatic heterocycles. The zero-order valence-corrected chi connectivity index (χ0v) is 11.1. The standard InChI is InChI=1S/C15H18N2O2/c1-10-9-17(15(19)16-14(10)18)13-7-6-11-4-2-3-5-12(11)8-13/h2-5,10,13H,6-9H2,1H3,(H,16,18,19). The lowest BCUT2D eigenvalue weighted by atomic mass is 9.87. The van der Waals surface area contributed by atoms with Gasteiger partial charge in [-0.3, -0.25) is 10.1 Å². The Balaban J connectivity index is 1.78. The molecule has 2 atom stereocenters. The Kier molecular flexibility index (Phi) is 3.01. The molecule has 1 fully saturated rings. The van der Waals surface area contributed by atoms with Crippen LogP contribution < -0.4 is 5.32 Å². The van der Waals surface area contributed by atoms with Gasteiger partial charge in [0.15, 0.2) is 0 Å². The number of hydrogen-bond acceptors (Lipinski definition) is 2. The zero-order valence-electron chi connectivity index (χ0n) is 11.1. The number of nitrogens with zero attached hydrogens (tertiary/aromatic N) is 1. The molecule has 1 N–H and O–H groups in total. The van der Waals surface area contributed by atoms with Gasteiger partial charge in [-0.1, -0.05) is 31.2 Å². The van der Waals surface area contributed by atoms with Crippen molar-refractivity contribution in [3.05, 3.63) is 35.4 Å². The second-order valence-electron chi connectivity index (χ2n) is 5.51. The fourth-order valence-corrected chi connectivity index (χ4v) is 3.02. The number of amides is 3. The maximum Gasteiger partial charge on any atom is 0.324 e. The number of imide groups is 1. The van der Waals surface area contributed by atoms with E-state index >= 15 is 0 Å². The van der Waals surface area contributed by atoms with Gasteiger partial charge in [0.05, 0.1) is 5.92 Å². The maximum absolute atomic E-state index is 12.0. The van der Waals surface area contributed by atoms with E-state index in [0.29, 0.717) is 6.54 Å². The number of carbonyl (C=O) groups excluding carboxylic acids is 2. The first-order valence-electron chi connectivity index (χ1n) is 6.83. The van der Waals surface area contributed by atoms with Crippen LogP contribution in [0.15, 0.2) is 24.3 Å². The minimum Gasteiger partial charge on any atom is -0.320 e. The molecule has 0 saturated carbocycles. The smallest absolute Gasteiger partial charge is 0.320 e. The predicted molar refractivity (Wildman–Crippen MR) is 71.7 cm³/mol. The topological polar surface area (TPSA) is 49.4 Å². The van der Waals surface area contributed by atoms with E-state index < -0.39 is 0 Å². The Morgan fingerprint density at radius 1 is 1.21 bits per heavy atom. The van der Waals surface area contributed by atoms with Crippen LogP contribution in [-0.2, 0) is 17.6 Å². The molecule has 4 heteroatoms. The fraction of sp³-hybridized carbons (Fsp3) is 0.467. The number of rotatable bonds is 1. The van der Waals surface area contributed by atoms with Crippen LogP contribution in [0.5, 0.6) is 0 Å². The molecule has 1 heterocycles. The van der Waals surface area contributed by atoms with Gasteiger partial charge in [0.25, 0.3) is 0 Å². The van der Waals surface area contributed by atoms with Crippen molar-refractivity contribution < 1.29 is 9.59 Å². The number of carbonyl (C=O) groups is 2. The summed E-state index contributed by atoms with van der Waals surface area (Å²) in [7, 11) is 0. The van der Waals surface area contributed by atoms with E-state index in [1.54, 1.807) is 0 Å². The van der Waals surface area contributed by atoms with Crippen LogP contribution >= 0.6 is 0 Å². The maximum atomic E-state index is 12.0. The Labute approximate surface area is 112 Å². The van der Waals surface area contributed by atoms with E-state index in [1.807, 2.05) is 17.9 Å². The molecular formula is C15H18N2O2. The van der Waals surface area contributed by atoms with E-state index in [2.05, 4.69) is 23.5 Å². The third-order valence-electron chi connectivity index (χ3n) is 4.17. The summed E-state index contributed by atoms with van der Waals surface area (Å²) >= 11 is 0. The molecule has 0 aromatic heterocycles. The molecule has 19 heavy (non-hydrogen) atoms. The van der Waals surface area contributed by atoms with Crippen LogP contribution in [0.3, 0.4) is 0 Å². The summed E-state index contributed by atoms with van der Waals surface area (Å²) < 4.78 is 0. The Morgan fingerprint density at radius 2 is 1.95 bits per heavy atom. The molecule has 1 saturated heterocycles. The van der Waals surface area contributed by atoms with E-state index in [1.165, 1.54) is 11.1 Å². The SMILES string of the molecule is CC1CN(C2CCc3ccccc3C2)C(=O)NC1=O. The van der Waals surface area contributed by atoms with Gasteiger partial charge in [-0.25, -0.2) is 4.79 Å². The largest absolute Gasteiger partial charge is 0.324 e. The highest BCUT2D eigenvalue weighted by atomic mass is 16.2. The molecule has 2 unspecified atom stereocenters. The molecule has 2 aliphatic rings. The number of benzene rings is 1. The monoisotopic (exact) mass is 258 g/mol. The highest BCUT2D eigenvalue weighted by Crippen LogP contribution is 2.26. The van der Waals surface area contributed by atoms with Gasteiger partial charge < -0.3 is 4.90 Å². The zero-order chi connectivity index (χ0) is 13.4. The predicted octanol–water partition coefficient (Wildman–Crippen LogP) is 1.73. The van der Waals surface area contributed by atoms with Gasteiger partial charge in [-0.15, -0.1) is 0 Å². The van der Waals surface area contributed by atoms with Crippen molar-refractivity contribution in [1.29, 1.82) is 0 Å². The number of urea groups is 1. The van der Waals surface area contributed by atoms with Crippen LogP contribution in [0, 0.1) is 5.92 Å². The normalized spacial score (nSPS) is 26.9. The number of nitrogens with one attached hydrogen (secondary N) is 1. The molecule has 1 aromatic carbocycles. The summed E-state index contributed by atoms with van der Waals surface area (Å²) in [5.74, 6) is -0.271. The first-order valence-corrected chi connectivity index (χ1v) is 6.83. The summed E-state index contributed by atoms with van der Waals surface area (Å²) in [6, 6.07) is 8.39. The molecule has 0 radical (unpaired) electrons. The Bertz CT molecular complexity index is 527. The summed E-state index contributed by atoms with van der Waals surface area (Å²) in [4.78, 5) is 25.3. The highest BCUT2D eigenvalue weighted by molar-refractivity contribution is 5.97. The van der Waals surface area contributed by atoms with Crippen molar-refractivity contribution in [2.45, 2.75) is 32.2 Å². The van der Waals surface area contributed by atoms with Gasteiger partial charge in [-0.2, -0.15) is 0 Å². The summed E-state index contributed by atoms with van der Waals surface area (Å²) in [6.45, 7) is 2.41. The van der Waals surface area contributed by atoms with Gasteiger partial charge in [0.2, 0.25) is 5.91 Å². The van der Waals surface area contributed by atoms with Crippen molar-refractivity contribution >= 4 is 11.9 Å². The molecule has 1 aliphatic carbocycles. The first-order chi connectivity index (χ1) is 9.15. The number of fused-ring (bicyclic) bond motifs is 1. The molecule has 1 aromatic rings. The third-order valence-corrected chi connectivity index (χ3v) is 4.17. The van der Waals surface area contributed by atoms with Crippen molar-refractivity contribution in [1.82, 2.24) is 10.2 Å².